The van der Waals surface area contributed by atoms with E-state index in [0.717, 1.165) is 21.9 Å². The van der Waals surface area contributed by atoms with Gasteiger partial charge in [-0.05, 0) is 42.5 Å². The lowest BCUT2D eigenvalue weighted by Gasteiger charge is -2.15. The third-order valence-corrected chi connectivity index (χ3v) is 4.21. The Morgan fingerprint density at radius 3 is 2.76 bits per heavy atom. The second-order valence-electron chi connectivity index (χ2n) is 5.07. The highest BCUT2D eigenvalue weighted by Crippen LogP contribution is 2.34. The summed E-state index contributed by atoms with van der Waals surface area (Å²) in [4.78, 5) is 12.1. The zero-order valence-electron chi connectivity index (χ0n) is 10.2. The zero-order valence-corrected chi connectivity index (χ0v) is 11.0. The van der Waals surface area contributed by atoms with Gasteiger partial charge < -0.3 is 4.79 Å². The second kappa shape index (κ2) is 4.22. The number of hydrogen-bond donors (Lipinski definition) is 0. The number of aldehydes is 1. The lowest BCUT2D eigenvalue weighted by Crippen LogP contribution is -2.16. The maximum Gasteiger partial charge on any atom is 0.125 e. The molecule has 0 fully saturated rings. The van der Waals surface area contributed by atoms with Gasteiger partial charge in [-0.3, -0.25) is 0 Å². The summed E-state index contributed by atoms with van der Waals surface area (Å²) in [6, 6.07) is 4.85. The fourth-order valence-corrected chi connectivity index (χ4v) is 3.30. The van der Waals surface area contributed by atoms with Gasteiger partial charge in [-0.15, -0.1) is 11.3 Å². The SMILES string of the molecule is Cc1c(CC(C)(C)C=O)sc2ccc(F)cc12. The zero-order chi connectivity index (χ0) is 12.6. The van der Waals surface area contributed by atoms with Crippen molar-refractivity contribution in [3.8, 4) is 0 Å². The van der Waals surface area contributed by atoms with Crippen LogP contribution in [0.25, 0.3) is 10.1 Å². The number of hydrogen-bond acceptors (Lipinski definition) is 2. The van der Waals surface area contributed by atoms with Crippen LogP contribution in [0.15, 0.2) is 18.2 Å². The van der Waals surface area contributed by atoms with Gasteiger partial charge in [-0.25, -0.2) is 4.39 Å². The normalized spacial score (nSPS) is 12.0. The minimum atomic E-state index is -0.357. The molecule has 1 heterocycles. The molecule has 0 aliphatic rings. The first kappa shape index (κ1) is 12.2. The number of halogens is 1. The van der Waals surface area contributed by atoms with Crippen LogP contribution in [-0.4, -0.2) is 6.29 Å². The summed E-state index contributed by atoms with van der Waals surface area (Å²) in [5, 5.41) is 0.965. The van der Waals surface area contributed by atoms with Crippen LogP contribution in [0.4, 0.5) is 4.39 Å². The molecule has 0 saturated heterocycles. The number of rotatable bonds is 3. The Bertz CT molecular complexity index is 569. The van der Waals surface area contributed by atoms with Gasteiger partial charge in [0.2, 0.25) is 0 Å². The molecule has 0 atom stereocenters. The monoisotopic (exact) mass is 250 g/mol. The number of fused-ring (bicyclic) bond motifs is 1. The summed E-state index contributed by atoms with van der Waals surface area (Å²) < 4.78 is 14.3. The minimum Gasteiger partial charge on any atom is -0.303 e. The van der Waals surface area contributed by atoms with Gasteiger partial charge in [-0.1, -0.05) is 13.8 Å². The van der Waals surface area contributed by atoms with E-state index in [1.54, 1.807) is 23.5 Å². The molecule has 17 heavy (non-hydrogen) atoms. The van der Waals surface area contributed by atoms with Crippen LogP contribution >= 0.6 is 11.3 Å². The van der Waals surface area contributed by atoms with Crippen molar-refractivity contribution in [2.24, 2.45) is 5.41 Å². The molecule has 0 saturated carbocycles. The molecular weight excluding hydrogens is 235 g/mol. The number of benzene rings is 1. The Morgan fingerprint density at radius 1 is 1.41 bits per heavy atom. The van der Waals surface area contributed by atoms with E-state index >= 15 is 0 Å². The van der Waals surface area contributed by atoms with Crippen molar-refractivity contribution in [1.82, 2.24) is 0 Å². The highest BCUT2D eigenvalue weighted by atomic mass is 32.1. The minimum absolute atomic E-state index is 0.209. The molecule has 2 rings (SSSR count). The van der Waals surface area contributed by atoms with Crippen LogP contribution in [0.3, 0.4) is 0 Å². The highest BCUT2D eigenvalue weighted by molar-refractivity contribution is 7.19. The second-order valence-corrected chi connectivity index (χ2v) is 6.21. The van der Waals surface area contributed by atoms with Crippen molar-refractivity contribution < 1.29 is 9.18 Å². The van der Waals surface area contributed by atoms with E-state index in [0.29, 0.717) is 6.42 Å². The molecule has 0 aliphatic heterocycles. The van der Waals surface area contributed by atoms with E-state index in [1.807, 2.05) is 20.8 Å². The Balaban J connectivity index is 2.49. The van der Waals surface area contributed by atoms with Gasteiger partial charge in [0.05, 0.1) is 0 Å². The van der Waals surface area contributed by atoms with E-state index in [2.05, 4.69) is 0 Å². The fourth-order valence-electron chi connectivity index (χ4n) is 1.87. The largest absolute Gasteiger partial charge is 0.303 e. The van der Waals surface area contributed by atoms with Crippen LogP contribution in [0.1, 0.15) is 24.3 Å². The molecule has 0 unspecified atom stereocenters. The number of carbonyl (C=O) groups excluding carboxylic acids is 1. The van der Waals surface area contributed by atoms with Gasteiger partial charge >= 0.3 is 0 Å². The summed E-state index contributed by atoms with van der Waals surface area (Å²) >= 11 is 1.65. The summed E-state index contributed by atoms with van der Waals surface area (Å²) in [7, 11) is 0. The molecular formula is C14H15FOS. The van der Waals surface area contributed by atoms with Crippen molar-refractivity contribution in [2.75, 3.05) is 0 Å². The van der Waals surface area contributed by atoms with E-state index in [4.69, 9.17) is 0 Å². The summed E-state index contributed by atoms with van der Waals surface area (Å²) in [6.45, 7) is 5.84. The molecule has 0 amide bonds. The third-order valence-electron chi connectivity index (χ3n) is 2.93. The average Bonchev–Trinajstić information content (AvgIpc) is 2.56. The van der Waals surface area contributed by atoms with Crippen molar-refractivity contribution in [1.29, 1.82) is 0 Å². The number of thiophene rings is 1. The molecule has 1 nitrogen and oxygen atoms in total. The van der Waals surface area contributed by atoms with Crippen LogP contribution in [0.5, 0.6) is 0 Å². The van der Waals surface area contributed by atoms with Gasteiger partial charge in [-0.2, -0.15) is 0 Å². The van der Waals surface area contributed by atoms with Crippen LogP contribution < -0.4 is 0 Å². The maximum absolute atomic E-state index is 13.2. The Morgan fingerprint density at radius 2 is 2.12 bits per heavy atom. The van der Waals surface area contributed by atoms with Crippen molar-refractivity contribution >= 4 is 27.7 Å². The molecule has 0 aliphatic carbocycles. The molecule has 2 aromatic rings. The standard InChI is InChI=1S/C14H15FOS/c1-9-11-6-10(15)4-5-12(11)17-13(9)7-14(2,3)8-16/h4-6,8H,7H2,1-3H3. The van der Waals surface area contributed by atoms with Gasteiger partial charge in [0.25, 0.3) is 0 Å². The Labute approximate surface area is 104 Å². The molecule has 3 heteroatoms. The molecule has 1 aromatic carbocycles. The summed E-state index contributed by atoms with van der Waals surface area (Å²) in [5.41, 5.74) is 0.740. The van der Waals surface area contributed by atoms with Crippen molar-refractivity contribution in [3.63, 3.8) is 0 Å². The fraction of sp³-hybridized carbons (Fsp3) is 0.357. The molecule has 90 valence electrons. The maximum atomic E-state index is 13.2. The average molecular weight is 250 g/mol. The van der Waals surface area contributed by atoms with Crippen LogP contribution in [0.2, 0.25) is 0 Å². The predicted octanol–water partition coefficient (Wildman–Crippen LogP) is 4.12. The first-order valence-electron chi connectivity index (χ1n) is 5.57. The van der Waals surface area contributed by atoms with Crippen molar-refractivity contribution in [2.45, 2.75) is 27.2 Å². The first-order valence-corrected chi connectivity index (χ1v) is 6.38. The number of carbonyl (C=O) groups is 1. The lowest BCUT2D eigenvalue weighted by molar-refractivity contribution is -0.114. The lowest BCUT2D eigenvalue weighted by atomic mass is 9.89. The summed E-state index contributed by atoms with van der Waals surface area (Å²) in [5.74, 6) is -0.209. The first-order chi connectivity index (χ1) is 7.93. The molecule has 0 bridgehead atoms. The molecule has 0 radical (unpaired) electrons. The third kappa shape index (κ3) is 2.39. The van der Waals surface area contributed by atoms with Crippen LogP contribution in [0, 0.1) is 18.2 Å². The van der Waals surface area contributed by atoms with Crippen molar-refractivity contribution in [3.05, 3.63) is 34.5 Å². The van der Waals surface area contributed by atoms with E-state index in [1.165, 1.54) is 10.9 Å². The highest BCUT2D eigenvalue weighted by Gasteiger charge is 2.20. The van der Waals surface area contributed by atoms with Crippen LogP contribution in [-0.2, 0) is 11.2 Å². The van der Waals surface area contributed by atoms with E-state index in [-0.39, 0.29) is 11.2 Å². The predicted molar refractivity (Wildman–Crippen MR) is 70.1 cm³/mol. The number of aryl methyl sites for hydroxylation is 1. The Hall–Kier alpha value is -1.22. The molecule has 0 N–H and O–H groups in total. The van der Waals surface area contributed by atoms with Gasteiger partial charge in [0.15, 0.2) is 0 Å². The summed E-state index contributed by atoms with van der Waals surface area (Å²) in [6.07, 6.45) is 1.70. The van der Waals surface area contributed by atoms with E-state index < -0.39 is 0 Å². The quantitative estimate of drug-likeness (QED) is 0.749. The van der Waals surface area contributed by atoms with E-state index in [9.17, 15) is 9.18 Å². The Kier molecular flexibility index (Phi) is 3.04. The van der Waals surface area contributed by atoms with Gasteiger partial charge in [0.1, 0.15) is 12.1 Å². The smallest absolute Gasteiger partial charge is 0.125 e. The van der Waals surface area contributed by atoms with Gasteiger partial charge in [0, 0.05) is 15.0 Å². The molecule has 1 aromatic heterocycles. The topological polar surface area (TPSA) is 17.1 Å². The molecule has 0 spiro atoms.